The molecule has 1 heterocycles. The van der Waals surface area contributed by atoms with Gasteiger partial charge in [-0.2, -0.15) is 0 Å². The van der Waals surface area contributed by atoms with Crippen LogP contribution in [0, 0.1) is 0 Å². The smallest absolute Gasteiger partial charge is 0.273 e. The van der Waals surface area contributed by atoms with Crippen molar-refractivity contribution in [1.29, 1.82) is 0 Å². The van der Waals surface area contributed by atoms with Crippen LogP contribution in [0.15, 0.2) is 65.3 Å². The number of amides is 1. The number of carbonyl (C=O) groups excluding carboxylic acids is 2. The third-order valence-corrected chi connectivity index (χ3v) is 4.67. The highest BCUT2D eigenvalue weighted by Crippen LogP contribution is 2.22. The number of nitrogens with two attached hydrogens (primary N) is 1. The highest BCUT2D eigenvalue weighted by Gasteiger charge is 2.26. The van der Waals surface area contributed by atoms with E-state index in [0.29, 0.717) is 18.0 Å². The number of aliphatic hydroxyl groups is 1. The molecule has 0 aliphatic heterocycles. The first-order chi connectivity index (χ1) is 14.2. The van der Waals surface area contributed by atoms with Crippen molar-refractivity contribution in [2.45, 2.75) is 24.9 Å². The summed E-state index contributed by atoms with van der Waals surface area (Å²) >= 11 is 0. The number of hydrogen-bond acceptors (Lipinski definition) is 6. The Bertz CT molecular complexity index is 955. The van der Waals surface area contributed by atoms with Crippen molar-refractivity contribution < 1.29 is 19.1 Å². The van der Waals surface area contributed by atoms with Crippen LogP contribution in [0.3, 0.4) is 0 Å². The Hall–Kier alpha value is -3.29. The third-order valence-electron chi connectivity index (χ3n) is 4.67. The predicted octanol–water partition coefficient (Wildman–Crippen LogP) is 2.26. The lowest BCUT2D eigenvalue weighted by Crippen LogP contribution is -2.40. The number of nitrogens with zero attached hydrogens (tertiary/aromatic N) is 1. The van der Waals surface area contributed by atoms with Crippen molar-refractivity contribution >= 4 is 12.2 Å². The number of rotatable bonds is 9. The summed E-state index contributed by atoms with van der Waals surface area (Å²) in [6.07, 6.45) is 2.28. The number of nitrogens with one attached hydrogen (secondary N) is 1. The maximum absolute atomic E-state index is 12.7. The fraction of sp³-hybridized carbons (Fsp3) is 0.227. The van der Waals surface area contributed by atoms with E-state index in [9.17, 15) is 14.7 Å². The van der Waals surface area contributed by atoms with Gasteiger partial charge in [-0.15, -0.1) is 0 Å². The van der Waals surface area contributed by atoms with E-state index >= 15 is 0 Å². The highest BCUT2D eigenvalue weighted by atomic mass is 16.3. The zero-order chi connectivity index (χ0) is 20.6. The van der Waals surface area contributed by atoms with Gasteiger partial charge >= 0.3 is 0 Å². The van der Waals surface area contributed by atoms with Gasteiger partial charge in [-0.3, -0.25) is 4.79 Å². The second-order valence-electron chi connectivity index (χ2n) is 6.61. The first kappa shape index (κ1) is 20.4. The summed E-state index contributed by atoms with van der Waals surface area (Å²) in [6, 6.07) is 15.9. The van der Waals surface area contributed by atoms with Crippen LogP contribution in [0.5, 0.6) is 0 Å². The molecule has 0 aliphatic rings. The molecule has 0 bridgehead atoms. The predicted molar refractivity (Wildman–Crippen MR) is 108 cm³/mol. The normalized spacial score (nSPS) is 12.9. The Morgan fingerprint density at radius 3 is 2.69 bits per heavy atom. The minimum absolute atomic E-state index is 0.0961. The summed E-state index contributed by atoms with van der Waals surface area (Å²) < 4.78 is 5.45. The van der Waals surface area contributed by atoms with E-state index in [1.165, 1.54) is 6.26 Å². The summed E-state index contributed by atoms with van der Waals surface area (Å²) in [5.41, 5.74) is 8.16. The minimum atomic E-state index is -0.583. The number of aromatic nitrogens is 1. The Morgan fingerprint density at radius 1 is 1.21 bits per heavy atom. The van der Waals surface area contributed by atoms with Gasteiger partial charge in [-0.1, -0.05) is 42.5 Å². The van der Waals surface area contributed by atoms with Gasteiger partial charge < -0.3 is 25.4 Å². The Labute approximate surface area is 168 Å². The quantitative estimate of drug-likeness (QED) is 0.480. The van der Waals surface area contributed by atoms with Gasteiger partial charge in [0.25, 0.3) is 5.91 Å². The van der Waals surface area contributed by atoms with Crippen molar-refractivity contribution in [2.75, 3.05) is 6.61 Å². The molecule has 3 rings (SSSR count). The van der Waals surface area contributed by atoms with Crippen LogP contribution in [0.25, 0.3) is 11.5 Å². The molecule has 2 aromatic carbocycles. The van der Waals surface area contributed by atoms with Crippen LogP contribution in [-0.2, 0) is 11.3 Å². The first-order valence-corrected chi connectivity index (χ1v) is 9.33. The molecule has 2 unspecified atom stereocenters. The fourth-order valence-corrected chi connectivity index (χ4v) is 3.15. The zero-order valence-corrected chi connectivity index (χ0v) is 15.8. The monoisotopic (exact) mass is 393 g/mol. The van der Waals surface area contributed by atoms with Gasteiger partial charge in [-0.05, 0) is 29.7 Å². The van der Waals surface area contributed by atoms with Crippen LogP contribution in [0.4, 0.5) is 0 Å². The van der Waals surface area contributed by atoms with E-state index in [-0.39, 0.29) is 18.7 Å². The zero-order valence-electron chi connectivity index (χ0n) is 15.8. The number of carbonyl (C=O) groups is 2. The lowest BCUT2D eigenvalue weighted by atomic mass is 9.91. The molecule has 0 aliphatic carbocycles. The van der Waals surface area contributed by atoms with Crippen LogP contribution >= 0.6 is 0 Å². The molecule has 0 spiro atoms. The lowest BCUT2D eigenvalue weighted by molar-refractivity contribution is -0.109. The van der Waals surface area contributed by atoms with E-state index in [1.807, 2.05) is 54.6 Å². The number of benzene rings is 2. The summed E-state index contributed by atoms with van der Waals surface area (Å²) in [5, 5.41) is 12.2. The Balaban J connectivity index is 1.78. The van der Waals surface area contributed by atoms with E-state index in [0.717, 1.165) is 17.4 Å². The second kappa shape index (κ2) is 9.77. The molecular weight excluding hydrogens is 370 g/mol. The molecule has 0 fully saturated rings. The summed E-state index contributed by atoms with van der Waals surface area (Å²) in [4.78, 5) is 28.7. The van der Waals surface area contributed by atoms with E-state index in [2.05, 4.69) is 10.3 Å². The molecular formula is C22H23N3O4. The molecule has 29 heavy (non-hydrogen) atoms. The molecule has 7 nitrogen and oxygen atoms in total. The van der Waals surface area contributed by atoms with E-state index in [1.54, 1.807) is 0 Å². The number of hydrogen-bond donors (Lipinski definition) is 3. The van der Waals surface area contributed by atoms with Gasteiger partial charge in [0.05, 0.1) is 5.92 Å². The Kier molecular flexibility index (Phi) is 6.89. The fourth-order valence-electron chi connectivity index (χ4n) is 3.15. The van der Waals surface area contributed by atoms with Crippen molar-refractivity contribution in [3.05, 3.63) is 77.7 Å². The van der Waals surface area contributed by atoms with Gasteiger partial charge in [0.2, 0.25) is 5.89 Å². The van der Waals surface area contributed by atoms with Crippen LogP contribution < -0.4 is 11.1 Å². The lowest BCUT2D eigenvalue weighted by Gasteiger charge is -2.23. The second-order valence-corrected chi connectivity index (χ2v) is 6.61. The summed E-state index contributed by atoms with van der Waals surface area (Å²) in [7, 11) is 0. The standard InChI is InChI=1S/C22H23N3O4/c23-12-15-5-4-8-17(11-15)22-25-20(14-29-22)21(28)24-19(9-10-26)18(13-27)16-6-2-1-3-7-16/h1-8,11,13-14,18-19,26H,9-10,12,23H2,(H,24,28). The van der Waals surface area contributed by atoms with Crippen LogP contribution in [0.1, 0.15) is 34.0 Å². The topological polar surface area (TPSA) is 118 Å². The maximum Gasteiger partial charge on any atom is 0.273 e. The molecule has 150 valence electrons. The maximum atomic E-state index is 12.7. The number of oxazole rings is 1. The molecule has 3 aromatic rings. The molecule has 1 amide bonds. The third kappa shape index (κ3) is 4.96. The molecule has 7 heteroatoms. The molecule has 0 radical (unpaired) electrons. The summed E-state index contributed by atoms with van der Waals surface area (Å²) in [6.45, 7) is 0.218. The number of aldehydes is 1. The average Bonchev–Trinajstić information content (AvgIpc) is 3.26. The molecule has 0 saturated carbocycles. The van der Waals surface area contributed by atoms with Crippen molar-refractivity contribution in [1.82, 2.24) is 10.3 Å². The Morgan fingerprint density at radius 2 is 2.00 bits per heavy atom. The van der Waals surface area contributed by atoms with E-state index < -0.39 is 17.9 Å². The first-order valence-electron chi connectivity index (χ1n) is 9.33. The molecule has 4 N–H and O–H groups in total. The van der Waals surface area contributed by atoms with Crippen molar-refractivity contribution in [2.24, 2.45) is 5.73 Å². The SMILES string of the molecule is NCc1cccc(-c2nc(C(=O)NC(CCO)C(C=O)c3ccccc3)co2)c1. The molecule has 1 aromatic heterocycles. The van der Waals surface area contributed by atoms with Gasteiger partial charge in [0.1, 0.15) is 12.5 Å². The van der Waals surface area contributed by atoms with E-state index in [4.69, 9.17) is 10.2 Å². The van der Waals surface area contributed by atoms with Crippen molar-refractivity contribution in [3.8, 4) is 11.5 Å². The largest absolute Gasteiger partial charge is 0.444 e. The summed E-state index contributed by atoms with van der Waals surface area (Å²) in [5.74, 6) is -0.754. The molecule has 2 atom stereocenters. The van der Waals surface area contributed by atoms with Crippen LogP contribution in [-0.4, -0.2) is 34.9 Å². The molecule has 0 saturated heterocycles. The minimum Gasteiger partial charge on any atom is -0.444 e. The van der Waals surface area contributed by atoms with Gasteiger partial charge in [0.15, 0.2) is 5.69 Å². The van der Waals surface area contributed by atoms with Gasteiger partial charge in [-0.25, -0.2) is 4.98 Å². The van der Waals surface area contributed by atoms with Crippen molar-refractivity contribution in [3.63, 3.8) is 0 Å². The highest BCUT2D eigenvalue weighted by molar-refractivity contribution is 5.93. The average molecular weight is 393 g/mol. The number of aliphatic hydroxyl groups excluding tert-OH is 1. The van der Waals surface area contributed by atoms with Gasteiger partial charge in [0, 0.05) is 24.8 Å². The van der Waals surface area contributed by atoms with Crippen LogP contribution in [0.2, 0.25) is 0 Å².